The summed E-state index contributed by atoms with van der Waals surface area (Å²) in [5, 5.41) is 15.7. The van der Waals surface area contributed by atoms with E-state index >= 15 is 0 Å². The normalized spacial score (nSPS) is 25.2. The highest BCUT2D eigenvalue weighted by molar-refractivity contribution is 6.71. The molecule has 2 saturated heterocycles. The third kappa shape index (κ3) is 6.40. The van der Waals surface area contributed by atoms with Gasteiger partial charge in [-0.05, 0) is 83.8 Å². The van der Waals surface area contributed by atoms with E-state index in [0.29, 0.717) is 35.4 Å². The average Bonchev–Trinajstić information content (AvgIpc) is 3.73. The lowest BCUT2D eigenvalue weighted by Crippen LogP contribution is -2.46. The van der Waals surface area contributed by atoms with Gasteiger partial charge in [0, 0.05) is 35.5 Å². The summed E-state index contributed by atoms with van der Waals surface area (Å²) in [6.45, 7) is 12.7. The highest BCUT2D eigenvalue weighted by Crippen LogP contribution is 2.60. The first-order valence-corrected chi connectivity index (χ1v) is 20.8. The first kappa shape index (κ1) is 35.9. The van der Waals surface area contributed by atoms with Crippen LogP contribution in [0.3, 0.4) is 0 Å². The van der Waals surface area contributed by atoms with Crippen LogP contribution in [0.15, 0.2) is 76.8 Å². The molecule has 1 spiro atoms. The summed E-state index contributed by atoms with van der Waals surface area (Å²) >= 11 is 0. The maximum absolute atomic E-state index is 14.9. The third-order valence-corrected chi connectivity index (χ3v) is 13.4. The lowest BCUT2D eigenvalue weighted by molar-refractivity contribution is -0.149. The van der Waals surface area contributed by atoms with E-state index in [1.54, 1.807) is 28.1 Å². The number of fused-ring (bicyclic) bond motifs is 3. The molecule has 1 aromatic heterocycles. The van der Waals surface area contributed by atoms with Gasteiger partial charge in [0.1, 0.15) is 0 Å². The fraction of sp³-hybridized carbons (Fsp3) is 0.487. The third-order valence-electron chi connectivity index (χ3n) is 10.9. The quantitative estimate of drug-likeness (QED) is 0.209. The van der Waals surface area contributed by atoms with Gasteiger partial charge in [-0.25, -0.2) is 0 Å². The van der Waals surface area contributed by atoms with Crippen molar-refractivity contribution in [3.8, 4) is 5.69 Å². The van der Waals surface area contributed by atoms with Gasteiger partial charge in [0.05, 0.1) is 48.1 Å². The lowest BCUT2D eigenvalue weighted by atomic mass is 9.82. The van der Waals surface area contributed by atoms with Gasteiger partial charge in [0.2, 0.25) is 5.91 Å². The summed E-state index contributed by atoms with van der Waals surface area (Å²) in [6.07, 6.45) is 8.57. The number of amides is 2. The van der Waals surface area contributed by atoms with Crippen molar-refractivity contribution in [1.82, 2.24) is 14.7 Å². The van der Waals surface area contributed by atoms with E-state index in [9.17, 15) is 24.3 Å². The van der Waals surface area contributed by atoms with E-state index in [1.807, 2.05) is 50.3 Å². The number of allylic oxidation sites excluding steroid dienone is 3. The van der Waals surface area contributed by atoms with Crippen LogP contribution >= 0.6 is 0 Å². The molecule has 266 valence electrons. The summed E-state index contributed by atoms with van der Waals surface area (Å²) < 4.78 is 8.31. The number of carbonyl (C=O) groups excluding carboxylic acids is 2. The molecule has 2 fully saturated rings. The first-order chi connectivity index (χ1) is 23.8. The number of carbonyl (C=O) groups is 2. The number of nitrogens with zero attached hydrogens (tertiary/aromatic N) is 4. The highest BCUT2D eigenvalue weighted by atomic mass is 28.4. The van der Waals surface area contributed by atoms with Gasteiger partial charge in [-0.2, -0.15) is 9.78 Å². The first-order valence-electron chi connectivity index (χ1n) is 17.8. The van der Waals surface area contributed by atoms with E-state index < -0.39 is 31.5 Å². The van der Waals surface area contributed by atoms with Crippen molar-refractivity contribution in [3.05, 3.63) is 87.9 Å². The highest BCUT2D eigenvalue weighted by Gasteiger charge is 2.66. The molecular weight excluding hydrogens is 649 g/mol. The molecule has 3 aliphatic heterocycles. The van der Waals surface area contributed by atoms with Gasteiger partial charge in [-0.15, -0.1) is 0 Å². The number of likely N-dealkylation sites (tertiary alicyclic amines) is 1. The molecule has 2 N–H and O–H groups in total. The smallest absolute Gasteiger partial charge is 0.279 e. The second-order valence-electron chi connectivity index (χ2n) is 15.1. The zero-order valence-corrected chi connectivity index (χ0v) is 31.1. The average molecular weight is 699 g/mol. The van der Waals surface area contributed by atoms with Crippen LogP contribution in [0.1, 0.15) is 65.4 Å². The molecule has 5 atom stereocenters. The molecule has 0 radical (unpaired) electrons. The van der Waals surface area contributed by atoms with E-state index in [1.165, 1.54) is 10.3 Å². The molecule has 2 amide bonds. The largest absolute Gasteiger partial charge is 0.432 e. The van der Waals surface area contributed by atoms with Crippen LogP contribution in [0.5, 0.6) is 0 Å². The number of aromatic nitrogens is 2. The number of anilines is 1. The van der Waals surface area contributed by atoms with Gasteiger partial charge in [0.25, 0.3) is 11.5 Å². The van der Waals surface area contributed by atoms with E-state index in [-0.39, 0.29) is 36.4 Å². The number of aliphatic hydroxyl groups is 1. The summed E-state index contributed by atoms with van der Waals surface area (Å²) in [5.74, 6) is -0.858. The Labute approximate surface area is 295 Å². The Kier molecular flexibility index (Phi) is 10.1. The minimum Gasteiger partial charge on any atom is -0.432 e. The summed E-state index contributed by atoms with van der Waals surface area (Å²) in [4.78, 5) is 57.6. The van der Waals surface area contributed by atoms with Crippen LogP contribution in [-0.2, 0) is 19.9 Å². The number of ether oxygens (including phenoxy) is 1. The Morgan fingerprint density at radius 3 is 2.60 bits per heavy atom. The van der Waals surface area contributed by atoms with Crippen molar-refractivity contribution in [3.63, 3.8) is 0 Å². The monoisotopic (exact) mass is 698 g/mol. The maximum Gasteiger partial charge on any atom is 0.279 e. The number of hydrogen-bond acceptors (Lipinski definition) is 7. The molecule has 3 aromatic rings. The molecule has 4 heterocycles. The minimum atomic E-state index is -3.03. The van der Waals surface area contributed by atoms with Crippen molar-refractivity contribution < 1.29 is 24.2 Å². The number of benzene rings is 2. The van der Waals surface area contributed by atoms with Crippen molar-refractivity contribution in [2.24, 2.45) is 5.92 Å². The molecule has 6 rings (SSSR count). The van der Waals surface area contributed by atoms with Gasteiger partial charge < -0.3 is 24.4 Å². The summed E-state index contributed by atoms with van der Waals surface area (Å²) in [7, 11) is -3.03. The molecule has 0 bridgehead atoms. The maximum atomic E-state index is 14.9. The fourth-order valence-corrected chi connectivity index (χ4v) is 11.0. The van der Waals surface area contributed by atoms with E-state index in [4.69, 9.17) is 4.74 Å². The van der Waals surface area contributed by atoms with Crippen LogP contribution < -0.4 is 10.5 Å². The molecule has 2 aromatic carbocycles. The van der Waals surface area contributed by atoms with Crippen LogP contribution in [0, 0.1) is 5.92 Å². The van der Waals surface area contributed by atoms with Crippen LogP contribution in [-0.4, -0.2) is 76.6 Å². The Morgan fingerprint density at radius 1 is 1.12 bits per heavy atom. The molecule has 50 heavy (non-hydrogen) atoms. The SMILES string of the molecule is CC(C)=CCC/C(C)=C/CN1C(=O)[C@@]2(O[C@@H](CC(=O)N3CCC[C@H]3CO)[C@H]([Si](C)(C)O)[C@H]2C)c2cc(-n3ncc4ccccc4c3=O)ccc21. The van der Waals surface area contributed by atoms with Crippen LogP contribution in [0.2, 0.25) is 18.6 Å². The number of aliphatic hydroxyl groups excluding tert-OH is 1. The molecule has 11 heteroatoms. The van der Waals surface area contributed by atoms with Gasteiger partial charge in [0.15, 0.2) is 13.9 Å². The molecule has 0 saturated carbocycles. The number of rotatable bonds is 10. The predicted molar refractivity (Wildman–Crippen MR) is 198 cm³/mol. The topological polar surface area (TPSA) is 125 Å². The lowest BCUT2D eigenvalue weighted by Gasteiger charge is -2.32. The Morgan fingerprint density at radius 2 is 1.88 bits per heavy atom. The van der Waals surface area contributed by atoms with Gasteiger partial charge in [-0.1, -0.05) is 48.4 Å². The van der Waals surface area contributed by atoms with Crippen molar-refractivity contribution in [1.29, 1.82) is 0 Å². The standard InChI is InChI=1S/C39H50N4O6Si/c1-25(2)11-9-12-26(3)18-20-42-33-17-16-29(43-37(46)31-15-8-7-13-28(31)23-40-43)21-32(33)39(38(42)47)27(4)36(50(5,6)48)34(49-39)22-35(45)41-19-10-14-30(41)24-44/h7-8,11,13,15-18,21,23,27,30,34,36,44,48H,9-10,12,14,19-20,22,24H2,1-6H3/b26-18+/t27-,30+,34+,36-,39+/m1/s1. The minimum absolute atomic E-state index is 0.00160. The Hall–Kier alpha value is -3.90. The van der Waals surface area contributed by atoms with E-state index in [2.05, 4.69) is 38.0 Å². The van der Waals surface area contributed by atoms with Gasteiger partial charge in [-0.3, -0.25) is 14.4 Å². The molecule has 10 nitrogen and oxygen atoms in total. The fourth-order valence-electron chi connectivity index (χ4n) is 8.43. The Bertz CT molecular complexity index is 1910. The summed E-state index contributed by atoms with van der Waals surface area (Å²) in [5.41, 5.74) is 2.01. The zero-order chi connectivity index (χ0) is 36.0. The van der Waals surface area contributed by atoms with Crippen LogP contribution in [0.4, 0.5) is 5.69 Å². The van der Waals surface area contributed by atoms with Crippen molar-refractivity contribution >= 4 is 36.6 Å². The van der Waals surface area contributed by atoms with E-state index in [0.717, 1.165) is 36.6 Å². The molecule has 3 aliphatic rings. The molecule has 0 aliphatic carbocycles. The zero-order valence-electron chi connectivity index (χ0n) is 30.1. The molecule has 0 unspecified atom stereocenters. The Balaban J connectivity index is 1.44. The van der Waals surface area contributed by atoms with Crippen molar-refractivity contribution in [2.45, 2.75) is 96.2 Å². The van der Waals surface area contributed by atoms with Crippen LogP contribution in [0.25, 0.3) is 16.5 Å². The van der Waals surface area contributed by atoms with Gasteiger partial charge >= 0.3 is 0 Å². The second-order valence-corrected chi connectivity index (χ2v) is 19.0. The number of hydrogen-bond donors (Lipinski definition) is 2. The summed E-state index contributed by atoms with van der Waals surface area (Å²) in [6, 6.07) is 12.5. The molecular formula is C39H50N4O6Si. The second kappa shape index (κ2) is 14.0. The van der Waals surface area contributed by atoms with Crippen molar-refractivity contribution in [2.75, 3.05) is 24.6 Å². The predicted octanol–water partition coefficient (Wildman–Crippen LogP) is 5.60.